The number of benzene rings is 1. The van der Waals surface area contributed by atoms with Crippen LogP contribution in [0.15, 0.2) is 33.8 Å². The molecule has 0 unspecified atom stereocenters. The molecule has 1 aromatic carbocycles. The molecule has 1 N–H and O–H groups in total. The number of ether oxygens (including phenoxy) is 1. The van der Waals surface area contributed by atoms with E-state index >= 15 is 0 Å². The van der Waals surface area contributed by atoms with Gasteiger partial charge in [0.1, 0.15) is 0 Å². The lowest BCUT2D eigenvalue weighted by molar-refractivity contribution is 0.0263. The largest absolute Gasteiger partial charge is 0.378 e. The van der Waals surface area contributed by atoms with Gasteiger partial charge in [-0.1, -0.05) is 28.9 Å². The average Bonchev–Trinajstić information content (AvgIpc) is 3.13. The van der Waals surface area contributed by atoms with Gasteiger partial charge in [-0.3, -0.25) is 4.99 Å². The Balaban J connectivity index is 1.55. The van der Waals surface area contributed by atoms with Crippen LogP contribution in [0.2, 0.25) is 5.02 Å². The van der Waals surface area contributed by atoms with Crippen molar-refractivity contribution >= 4 is 17.6 Å². The molecule has 140 valence electrons. The zero-order valence-electron chi connectivity index (χ0n) is 15.1. The van der Waals surface area contributed by atoms with Crippen molar-refractivity contribution < 1.29 is 9.26 Å². The maximum absolute atomic E-state index is 6.01. The first-order valence-electron chi connectivity index (χ1n) is 8.85. The maximum Gasteiger partial charge on any atom is 0.246 e. The van der Waals surface area contributed by atoms with Crippen LogP contribution in [0, 0.1) is 0 Å². The van der Waals surface area contributed by atoms with Crippen LogP contribution in [-0.4, -0.2) is 53.8 Å². The van der Waals surface area contributed by atoms with Crippen molar-refractivity contribution in [1.82, 2.24) is 20.4 Å². The van der Waals surface area contributed by atoms with Crippen molar-refractivity contribution in [2.45, 2.75) is 32.4 Å². The Hall–Kier alpha value is -2.12. The van der Waals surface area contributed by atoms with Gasteiger partial charge in [-0.05, 0) is 31.9 Å². The van der Waals surface area contributed by atoms with E-state index in [1.54, 1.807) is 7.05 Å². The first-order chi connectivity index (χ1) is 12.7. The Morgan fingerprint density at radius 3 is 2.92 bits per heavy atom. The Labute approximate surface area is 158 Å². The van der Waals surface area contributed by atoms with E-state index in [4.69, 9.17) is 20.9 Å². The Kier molecular flexibility index (Phi) is 6.46. The summed E-state index contributed by atoms with van der Waals surface area (Å²) in [5.41, 5.74) is 0.829. The number of aromatic nitrogens is 2. The molecule has 1 saturated heterocycles. The summed E-state index contributed by atoms with van der Waals surface area (Å²) in [6.07, 6.45) is 2.37. The highest BCUT2D eigenvalue weighted by Crippen LogP contribution is 2.20. The van der Waals surface area contributed by atoms with Crippen LogP contribution in [0.4, 0.5) is 0 Å². The number of aliphatic imine (C=N–C) groups is 1. The fourth-order valence-corrected chi connectivity index (χ4v) is 3.22. The number of piperidine rings is 1. The number of nitrogens with zero attached hydrogens (tertiary/aromatic N) is 4. The molecule has 26 heavy (non-hydrogen) atoms. The second-order valence-electron chi connectivity index (χ2n) is 6.06. The summed E-state index contributed by atoms with van der Waals surface area (Å²) in [5, 5.41) is 7.95. The van der Waals surface area contributed by atoms with Gasteiger partial charge in [-0.25, -0.2) is 0 Å². The van der Waals surface area contributed by atoms with E-state index in [1.807, 2.05) is 31.2 Å². The minimum Gasteiger partial charge on any atom is -0.378 e. The Bertz CT molecular complexity index is 741. The summed E-state index contributed by atoms with van der Waals surface area (Å²) >= 11 is 6.01. The number of rotatable bonds is 5. The van der Waals surface area contributed by atoms with Crippen LogP contribution in [0.25, 0.3) is 11.4 Å². The number of guanidine groups is 1. The van der Waals surface area contributed by atoms with Gasteiger partial charge in [0, 0.05) is 37.3 Å². The SMILES string of the molecule is CCOC1CCN(C(=NC)NCc2nc(-c3cccc(Cl)c3)no2)CC1. The molecule has 0 aliphatic carbocycles. The van der Waals surface area contributed by atoms with E-state index in [-0.39, 0.29) is 0 Å². The van der Waals surface area contributed by atoms with Crippen molar-refractivity contribution in [2.24, 2.45) is 4.99 Å². The lowest BCUT2D eigenvalue weighted by Gasteiger charge is -2.33. The van der Waals surface area contributed by atoms with Gasteiger partial charge in [0.05, 0.1) is 12.6 Å². The lowest BCUT2D eigenvalue weighted by Crippen LogP contribution is -2.46. The Morgan fingerprint density at radius 1 is 1.42 bits per heavy atom. The average molecular weight is 378 g/mol. The van der Waals surface area contributed by atoms with E-state index in [0.29, 0.717) is 29.4 Å². The molecule has 0 bridgehead atoms. The minimum atomic E-state index is 0.352. The molecule has 0 spiro atoms. The highest BCUT2D eigenvalue weighted by molar-refractivity contribution is 6.30. The molecule has 1 aromatic heterocycles. The van der Waals surface area contributed by atoms with Crippen LogP contribution in [0.5, 0.6) is 0 Å². The molecule has 0 saturated carbocycles. The van der Waals surface area contributed by atoms with Crippen molar-refractivity contribution in [2.75, 3.05) is 26.7 Å². The predicted molar refractivity (Wildman–Crippen MR) is 101 cm³/mol. The highest BCUT2D eigenvalue weighted by Gasteiger charge is 2.21. The topological polar surface area (TPSA) is 75.8 Å². The van der Waals surface area contributed by atoms with Crippen molar-refractivity contribution in [1.29, 1.82) is 0 Å². The molecule has 7 nitrogen and oxygen atoms in total. The van der Waals surface area contributed by atoms with Gasteiger partial charge >= 0.3 is 0 Å². The van der Waals surface area contributed by atoms with Gasteiger partial charge in [-0.2, -0.15) is 4.98 Å². The second kappa shape index (κ2) is 9.00. The van der Waals surface area contributed by atoms with E-state index < -0.39 is 0 Å². The zero-order valence-corrected chi connectivity index (χ0v) is 15.9. The smallest absolute Gasteiger partial charge is 0.246 e. The number of nitrogens with one attached hydrogen (secondary N) is 1. The van der Waals surface area contributed by atoms with Crippen molar-refractivity contribution in [3.8, 4) is 11.4 Å². The summed E-state index contributed by atoms with van der Waals surface area (Å²) in [7, 11) is 1.78. The van der Waals surface area contributed by atoms with Gasteiger partial charge in [0.15, 0.2) is 5.96 Å². The van der Waals surface area contributed by atoms with Crippen LogP contribution >= 0.6 is 11.6 Å². The first kappa shape index (κ1) is 18.7. The van der Waals surface area contributed by atoms with Crippen LogP contribution in [0.3, 0.4) is 0 Å². The molecule has 2 heterocycles. The van der Waals surface area contributed by atoms with Gasteiger partial charge in [-0.15, -0.1) is 0 Å². The van der Waals surface area contributed by atoms with Crippen LogP contribution < -0.4 is 5.32 Å². The highest BCUT2D eigenvalue weighted by atomic mass is 35.5. The van der Waals surface area contributed by atoms with E-state index in [1.165, 1.54) is 0 Å². The van der Waals surface area contributed by atoms with Crippen molar-refractivity contribution in [3.05, 3.63) is 35.2 Å². The third kappa shape index (κ3) is 4.74. The van der Waals surface area contributed by atoms with E-state index in [0.717, 1.165) is 44.1 Å². The molecule has 0 atom stereocenters. The first-order valence-corrected chi connectivity index (χ1v) is 9.23. The Morgan fingerprint density at radius 2 is 2.23 bits per heavy atom. The summed E-state index contributed by atoms with van der Waals surface area (Å²) in [5.74, 6) is 1.87. The summed E-state index contributed by atoms with van der Waals surface area (Å²) in [4.78, 5) is 11.0. The molecule has 1 fully saturated rings. The van der Waals surface area contributed by atoms with E-state index in [9.17, 15) is 0 Å². The van der Waals surface area contributed by atoms with Gasteiger partial charge in [0.2, 0.25) is 11.7 Å². The number of halogens is 1. The van der Waals surface area contributed by atoms with Crippen molar-refractivity contribution in [3.63, 3.8) is 0 Å². The third-order valence-electron chi connectivity index (χ3n) is 4.30. The monoisotopic (exact) mass is 377 g/mol. The normalized spacial score (nSPS) is 16.1. The molecular formula is C18H24ClN5O2. The summed E-state index contributed by atoms with van der Waals surface area (Å²) in [6, 6.07) is 7.38. The molecule has 0 amide bonds. The predicted octanol–water partition coefficient (Wildman–Crippen LogP) is 2.97. The standard InChI is InChI=1S/C18H24ClN5O2/c1-3-25-15-7-9-24(10-8-15)18(20-2)21-12-16-22-17(23-26-16)13-5-4-6-14(19)11-13/h4-6,11,15H,3,7-10,12H2,1-2H3,(H,20,21). The number of hydrogen-bond donors (Lipinski definition) is 1. The van der Waals surface area contributed by atoms with Crippen LogP contribution in [-0.2, 0) is 11.3 Å². The molecule has 2 aromatic rings. The van der Waals surface area contributed by atoms with E-state index in [2.05, 4.69) is 25.3 Å². The molecule has 1 aliphatic heterocycles. The maximum atomic E-state index is 6.01. The molecule has 0 radical (unpaired) electrons. The fraction of sp³-hybridized carbons (Fsp3) is 0.500. The zero-order chi connectivity index (χ0) is 18.4. The molecule has 8 heteroatoms. The van der Waals surface area contributed by atoms with Gasteiger partial charge in [0.25, 0.3) is 0 Å². The number of likely N-dealkylation sites (tertiary alicyclic amines) is 1. The molecule has 3 rings (SSSR count). The summed E-state index contributed by atoms with van der Waals surface area (Å²) in [6.45, 7) is 5.06. The summed E-state index contributed by atoms with van der Waals surface area (Å²) < 4.78 is 11.0. The third-order valence-corrected chi connectivity index (χ3v) is 4.54. The second-order valence-corrected chi connectivity index (χ2v) is 6.50. The van der Waals surface area contributed by atoms with Crippen LogP contribution in [0.1, 0.15) is 25.7 Å². The molecular weight excluding hydrogens is 354 g/mol. The lowest BCUT2D eigenvalue weighted by atomic mass is 10.1. The number of hydrogen-bond acceptors (Lipinski definition) is 5. The fourth-order valence-electron chi connectivity index (χ4n) is 3.03. The molecule has 1 aliphatic rings. The minimum absolute atomic E-state index is 0.352. The quantitative estimate of drug-likeness (QED) is 0.637. The van der Waals surface area contributed by atoms with Gasteiger partial charge < -0.3 is 19.5 Å².